The highest BCUT2D eigenvalue weighted by Crippen LogP contribution is 2.22. The molecule has 0 aliphatic heterocycles. The molecule has 0 radical (unpaired) electrons. The molecule has 8 heteroatoms. The monoisotopic (exact) mass is 414 g/mol. The van der Waals surface area contributed by atoms with Crippen molar-refractivity contribution in [1.82, 2.24) is 9.55 Å². The Morgan fingerprint density at radius 1 is 0.774 bits per heavy atom. The molecule has 31 heavy (non-hydrogen) atoms. The Balaban J connectivity index is 0.000000166. The fourth-order valence-corrected chi connectivity index (χ4v) is 3.37. The Morgan fingerprint density at radius 2 is 1.45 bits per heavy atom. The lowest BCUT2D eigenvalue weighted by molar-refractivity contribution is -0.384. The molecule has 0 spiro atoms. The second-order valence-corrected chi connectivity index (χ2v) is 6.94. The van der Waals surface area contributed by atoms with E-state index in [1.54, 1.807) is 36.5 Å². The van der Waals surface area contributed by atoms with Gasteiger partial charge in [0.15, 0.2) is 0 Å². The van der Waals surface area contributed by atoms with E-state index >= 15 is 0 Å². The summed E-state index contributed by atoms with van der Waals surface area (Å²) in [4.78, 5) is 23.3. The zero-order chi connectivity index (χ0) is 21.8. The lowest BCUT2D eigenvalue weighted by Crippen LogP contribution is -1.97. The fourth-order valence-electron chi connectivity index (χ4n) is 3.37. The van der Waals surface area contributed by atoms with E-state index in [9.17, 15) is 20.2 Å². The molecule has 2 aromatic heterocycles. The van der Waals surface area contributed by atoms with Crippen LogP contribution in [0, 0.1) is 20.2 Å². The van der Waals surface area contributed by atoms with Gasteiger partial charge in [-0.3, -0.25) is 20.2 Å². The van der Waals surface area contributed by atoms with E-state index < -0.39 is 4.92 Å². The average Bonchev–Trinajstić information content (AvgIpc) is 3.41. The second kappa shape index (κ2) is 8.50. The first kappa shape index (κ1) is 19.8. The third-order valence-electron chi connectivity index (χ3n) is 4.91. The number of non-ortho nitro benzene ring substituents is 2. The minimum absolute atomic E-state index is 0.127. The lowest BCUT2D eigenvalue weighted by Gasteiger charge is -2.05. The molecule has 5 rings (SSSR count). The Kier molecular flexibility index (Phi) is 5.44. The summed E-state index contributed by atoms with van der Waals surface area (Å²) in [5.74, 6) is 0. The van der Waals surface area contributed by atoms with Gasteiger partial charge in [0.05, 0.1) is 9.85 Å². The molecule has 0 fully saturated rings. The van der Waals surface area contributed by atoms with Gasteiger partial charge in [0.1, 0.15) is 0 Å². The minimum atomic E-state index is -0.396. The standard InChI is InChI=1S/C15H12N2O2.C8H6N2O2/c18-17(19)14-6-7-15-13(10-14)8-9-16(15)11-12-4-2-1-3-5-12;11-10(12)7-1-2-8-6(5-7)3-4-9-8/h1-10H,11H2;1-5,9H. The van der Waals surface area contributed by atoms with Gasteiger partial charge in [-0.15, -0.1) is 0 Å². The molecule has 0 aliphatic carbocycles. The highest BCUT2D eigenvalue weighted by Gasteiger charge is 2.09. The number of fused-ring (bicyclic) bond motifs is 2. The maximum atomic E-state index is 10.7. The third kappa shape index (κ3) is 4.43. The van der Waals surface area contributed by atoms with Crippen molar-refractivity contribution < 1.29 is 9.85 Å². The topological polar surface area (TPSA) is 107 Å². The molecule has 5 aromatic rings. The van der Waals surface area contributed by atoms with E-state index in [4.69, 9.17) is 0 Å². The number of nitro benzene ring substituents is 2. The SMILES string of the molecule is O=[N+]([O-])c1ccc2[nH]ccc2c1.O=[N+]([O-])c1ccc2c(ccn2Cc2ccccc2)c1. The predicted molar refractivity (Wildman–Crippen MR) is 119 cm³/mol. The average molecular weight is 414 g/mol. The van der Waals surface area contributed by atoms with Gasteiger partial charge >= 0.3 is 0 Å². The Labute approximate surface area is 176 Å². The molecule has 3 aromatic carbocycles. The molecule has 1 N–H and O–H groups in total. The number of aromatic nitrogens is 2. The van der Waals surface area contributed by atoms with Crippen LogP contribution in [0.5, 0.6) is 0 Å². The summed E-state index contributed by atoms with van der Waals surface area (Å²) < 4.78 is 2.09. The van der Waals surface area contributed by atoms with Crippen molar-refractivity contribution in [3.05, 3.63) is 117 Å². The summed E-state index contributed by atoms with van der Waals surface area (Å²) in [5, 5.41) is 22.9. The van der Waals surface area contributed by atoms with Crippen LogP contribution in [0.25, 0.3) is 21.8 Å². The quantitative estimate of drug-likeness (QED) is 0.302. The van der Waals surface area contributed by atoms with Crippen LogP contribution in [0.1, 0.15) is 5.56 Å². The molecule has 0 saturated carbocycles. The van der Waals surface area contributed by atoms with E-state index in [0.717, 1.165) is 28.4 Å². The number of rotatable bonds is 4. The molecule has 0 bridgehead atoms. The maximum absolute atomic E-state index is 10.7. The Hall–Kier alpha value is -4.46. The first-order valence-corrected chi connectivity index (χ1v) is 9.50. The van der Waals surface area contributed by atoms with Crippen LogP contribution in [0.15, 0.2) is 91.3 Å². The molecular weight excluding hydrogens is 396 g/mol. The van der Waals surface area contributed by atoms with E-state index in [-0.39, 0.29) is 16.3 Å². The summed E-state index contributed by atoms with van der Waals surface area (Å²) in [5.41, 5.74) is 3.39. The van der Waals surface area contributed by atoms with Crippen molar-refractivity contribution in [3.8, 4) is 0 Å². The van der Waals surface area contributed by atoms with Crippen LogP contribution in [0.3, 0.4) is 0 Å². The molecule has 0 aliphatic rings. The van der Waals surface area contributed by atoms with E-state index in [1.165, 1.54) is 11.6 Å². The molecule has 0 atom stereocenters. The minimum Gasteiger partial charge on any atom is -0.361 e. The molecule has 0 saturated heterocycles. The van der Waals surface area contributed by atoms with E-state index in [2.05, 4.69) is 21.7 Å². The van der Waals surface area contributed by atoms with Crippen LogP contribution < -0.4 is 0 Å². The molecule has 0 amide bonds. The predicted octanol–water partition coefficient (Wildman–Crippen LogP) is 5.67. The van der Waals surface area contributed by atoms with Gasteiger partial charge in [0.25, 0.3) is 11.4 Å². The van der Waals surface area contributed by atoms with Crippen LogP contribution >= 0.6 is 0 Å². The number of nitrogens with one attached hydrogen (secondary N) is 1. The summed E-state index contributed by atoms with van der Waals surface area (Å²) >= 11 is 0. The van der Waals surface area contributed by atoms with Crippen molar-refractivity contribution >= 4 is 33.2 Å². The molecule has 2 heterocycles. The van der Waals surface area contributed by atoms with Gasteiger partial charge in [-0.2, -0.15) is 0 Å². The third-order valence-corrected chi connectivity index (χ3v) is 4.91. The number of benzene rings is 3. The first-order valence-electron chi connectivity index (χ1n) is 9.50. The normalized spacial score (nSPS) is 10.6. The largest absolute Gasteiger partial charge is 0.361 e. The zero-order valence-corrected chi connectivity index (χ0v) is 16.3. The molecule has 0 unspecified atom stereocenters. The summed E-state index contributed by atoms with van der Waals surface area (Å²) in [6.07, 6.45) is 3.72. The van der Waals surface area contributed by atoms with Crippen LogP contribution in [0.4, 0.5) is 11.4 Å². The number of aromatic amines is 1. The van der Waals surface area contributed by atoms with Crippen LogP contribution in [-0.2, 0) is 6.54 Å². The summed E-state index contributed by atoms with van der Waals surface area (Å²) in [7, 11) is 0. The van der Waals surface area contributed by atoms with Gasteiger partial charge in [-0.25, -0.2) is 0 Å². The van der Waals surface area contributed by atoms with Crippen LogP contribution in [-0.4, -0.2) is 19.4 Å². The lowest BCUT2D eigenvalue weighted by atomic mass is 10.2. The molecule has 8 nitrogen and oxygen atoms in total. The first-order chi connectivity index (χ1) is 15.0. The zero-order valence-electron chi connectivity index (χ0n) is 16.3. The van der Waals surface area contributed by atoms with Crippen molar-refractivity contribution in [1.29, 1.82) is 0 Å². The number of nitro groups is 2. The van der Waals surface area contributed by atoms with Gasteiger partial charge in [0, 0.05) is 65.0 Å². The van der Waals surface area contributed by atoms with Gasteiger partial charge in [0.2, 0.25) is 0 Å². The number of hydrogen-bond acceptors (Lipinski definition) is 4. The Morgan fingerprint density at radius 3 is 2.16 bits per heavy atom. The second-order valence-electron chi connectivity index (χ2n) is 6.94. The van der Waals surface area contributed by atoms with Crippen molar-refractivity contribution in [3.63, 3.8) is 0 Å². The van der Waals surface area contributed by atoms with Gasteiger partial charge in [-0.05, 0) is 29.8 Å². The number of hydrogen-bond donors (Lipinski definition) is 1. The van der Waals surface area contributed by atoms with E-state index in [0.29, 0.717) is 0 Å². The highest BCUT2D eigenvalue weighted by atomic mass is 16.6. The summed E-state index contributed by atoms with van der Waals surface area (Å²) in [6.45, 7) is 0.766. The van der Waals surface area contributed by atoms with Crippen molar-refractivity contribution in [2.75, 3.05) is 0 Å². The van der Waals surface area contributed by atoms with E-state index in [1.807, 2.05) is 36.5 Å². The van der Waals surface area contributed by atoms with Crippen LogP contribution in [0.2, 0.25) is 0 Å². The summed E-state index contributed by atoms with van der Waals surface area (Å²) in [6, 6.07) is 23.5. The maximum Gasteiger partial charge on any atom is 0.270 e. The molecular formula is C23H18N4O4. The van der Waals surface area contributed by atoms with Crippen molar-refractivity contribution in [2.45, 2.75) is 6.54 Å². The van der Waals surface area contributed by atoms with Gasteiger partial charge < -0.3 is 9.55 Å². The van der Waals surface area contributed by atoms with Crippen molar-refractivity contribution in [2.24, 2.45) is 0 Å². The smallest absolute Gasteiger partial charge is 0.270 e. The fraction of sp³-hybridized carbons (Fsp3) is 0.0435. The van der Waals surface area contributed by atoms with Gasteiger partial charge in [-0.1, -0.05) is 30.3 Å². The number of nitrogens with zero attached hydrogens (tertiary/aromatic N) is 3. The number of H-pyrrole nitrogens is 1. The Bertz CT molecular complexity index is 1370. The molecule has 154 valence electrons. The highest BCUT2D eigenvalue weighted by molar-refractivity contribution is 5.83.